The average Bonchev–Trinajstić information content (AvgIpc) is 2.36. The van der Waals surface area contributed by atoms with Crippen LogP contribution in [0.25, 0.3) is 0 Å². The highest BCUT2D eigenvalue weighted by Crippen LogP contribution is 2.22. The lowest BCUT2D eigenvalue weighted by Gasteiger charge is -2.13. The van der Waals surface area contributed by atoms with E-state index in [1.54, 1.807) is 0 Å². The quantitative estimate of drug-likeness (QED) is 0.891. The van der Waals surface area contributed by atoms with Crippen molar-refractivity contribution in [2.24, 2.45) is 0 Å². The van der Waals surface area contributed by atoms with E-state index in [-0.39, 0.29) is 5.91 Å². The fourth-order valence-electron chi connectivity index (χ4n) is 2.45. The fourth-order valence-corrected chi connectivity index (χ4v) is 2.45. The minimum atomic E-state index is 0.0314. The Kier molecular flexibility index (Phi) is 4.23. The molecule has 2 aromatic carbocycles. The number of carbonyl (C=O) groups excluding carboxylic acids is 1. The molecule has 0 aliphatic heterocycles. The maximum absolute atomic E-state index is 12.1. The van der Waals surface area contributed by atoms with Gasteiger partial charge in [-0.3, -0.25) is 4.79 Å². The summed E-state index contributed by atoms with van der Waals surface area (Å²) in [5.41, 5.74) is 6.62. The van der Waals surface area contributed by atoms with Gasteiger partial charge in [0.15, 0.2) is 0 Å². The molecule has 1 N–H and O–H groups in total. The number of nitrogens with one attached hydrogen (secondary N) is 1. The molecule has 2 heteroatoms. The maximum atomic E-state index is 12.1. The van der Waals surface area contributed by atoms with Crippen molar-refractivity contribution in [1.29, 1.82) is 0 Å². The third kappa shape index (κ3) is 3.47. The van der Waals surface area contributed by atoms with Gasteiger partial charge in [-0.15, -0.1) is 0 Å². The number of anilines is 1. The summed E-state index contributed by atoms with van der Waals surface area (Å²) in [5.74, 6) is 0.0314. The SMILES string of the molecule is Cc1ccc(CC(=O)Nc2c(C)cc(C)cc2C)cc1. The van der Waals surface area contributed by atoms with E-state index in [0.29, 0.717) is 6.42 Å². The van der Waals surface area contributed by atoms with Gasteiger partial charge in [0, 0.05) is 5.69 Å². The lowest BCUT2D eigenvalue weighted by atomic mass is 10.0. The number of amides is 1. The van der Waals surface area contributed by atoms with Crippen molar-refractivity contribution in [3.05, 3.63) is 64.2 Å². The molecule has 0 heterocycles. The Balaban J connectivity index is 2.10. The van der Waals surface area contributed by atoms with Crippen LogP contribution in [0.15, 0.2) is 36.4 Å². The standard InChI is InChI=1S/C18H21NO/c1-12-5-7-16(8-6-12)11-17(20)19-18-14(3)9-13(2)10-15(18)4/h5-10H,11H2,1-4H3,(H,19,20). The maximum Gasteiger partial charge on any atom is 0.228 e. The molecule has 2 nitrogen and oxygen atoms in total. The summed E-state index contributed by atoms with van der Waals surface area (Å²) >= 11 is 0. The van der Waals surface area contributed by atoms with Crippen LogP contribution in [0.5, 0.6) is 0 Å². The molecule has 104 valence electrons. The molecule has 20 heavy (non-hydrogen) atoms. The zero-order valence-electron chi connectivity index (χ0n) is 12.6. The van der Waals surface area contributed by atoms with Gasteiger partial charge >= 0.3 is 0 Å². The fraction of sp³-hybridized carbons (Fsp3) is 0.278. The predicted octanol–water partition coefficient (Wildman–Crippen LogP) is 4.10. The first-order valence-corrected chi connectivity index (χ1v) is 6.89. The number of hydrogen-bond acceptors (Lipinski definition) is 1. The van der Waals surface area contributed by atoms with E-state index in [2.05, 4.69) is 24.4 Å². The first kappa shape index (κ1) is 14.3. The molecule has 0 saturated carbocycles. The second-order valence-electron chi connectivity index (χ2n) is 5.48. The third-order valence-corrected chi connectivity index (χ3v) is 3.43. The predicted molar refractivity (Wildman–Crippen MR) is 84.2 cm³/mol. The van der Waals surface area contributed by atoms with Crippen LogP contribution in [-0.4, -0.2) is 5.91 Å². The van der Waals surface area contributed by atoms with Crippen LogP contribution in [-0.2, 0) is 11.2 Å². The second kappa shape index (κ2) is 5.91. The highest BCUT2D eigenvalue weighted by Gasteiger charge is 2.09. The molecule has 0 saturated heterocycles. The first-order valence-electron chi connectivity index (χ1n) is 6.89. The molecule has 0 atom stereocenters. The molecule has 2 rings (SSSR count). The third-order valence-electron chi connectivity index (χ3n) is 3.43. The van der Waals surface area contributed by atoms with E-state index in [0.717, 1.165) is 22.4 Å². The summed E-state index contributed by atoms with van der Waals surface area (Å²) in [6, 6.07) is 12.3. The van der Waals surface area contributed by atoms with Crippen molar-refractivity contribution in [3.63, 3.8) is 0 Å². The molecule has 0 radical (unpaired) electrons. The van der Waals surface area contributed by atoms with Gasteiger partial charge < -0.3 is 5.32 Å². The molecule has 0 fully saturated rings. The summed E-state index contributed by atoms with van der Waals surface area (Å²) < 4.78 is 0. The van der Waals surface area contributed by atoms with Gasteiger partial charge in [0.25, 0.3) is 0 Å². The lowest BCUT2D eigenvalue weighted by molar-refractivity contribution is -0.115. The zero-order chi connectivity index (χ0) is 14.7. The topological polar surface area (TPSA) is 29.1 Å². The van der Waals surface area contributed by atoms with Gasteiger partial charge in [0.2, 0.25) is 5.91 Å². The summed E-state index contributed by atoms with van der Waals surface area (Å²) in [4.78, 5) is 12.1. The Hall–Kier alpha value is -2.09. The first-order chi connectivity index (χ1) is 9.45. The summed E-state index contributed by atoms with van der Waals surface area (Å²) in [6.45, 7) is 8.17. The van der Waals surface area contributed by atoms with Crippen molar-refractivity contribution >= 4 is 11.6 Å². The molecular formula is C18H21NO. The van der Waals surface area contributed by atoms with Gasteiger partial charge in [-0.25, -0.2) is 0 Å². The molecule has 0 aromatic heterocycles. The van der Waals surface area contributed by atoms with Gasteiger partial charge in [0.1, 0.15) is 0 Å². The molecule has 0 spiro atoms. The minimum absolute atomic E-state index is 0.0314. The Morgan fingerprint density at radius 3 is 2.00 bits per heavy atom. The van der Waals surface area contributed by atoms with Crippen molar-refractivity contribution in [2.75, 3.05) is 5.32 Å². The Morgan fingerprint density at radius 2 is 1.45 bits per heavy atom. The second-order valence-corrected chi connectivity index (χ2v) is 5.48. The largest absolute Gasteiger partial charge is 0.325 e. The van der Waals surface area contributed by atoms with Crippen LogP contribution in [0.3, 0.4) is 0 Å². The number of hydrogen-bond donors (Lipinski definition) is 1. The summed E-state index contributed by atoms with van der Waals surface area (Å²) in [6.07, 6.45) is 0.410. The molecule has 0 unspecified atom stereocenters. The van der Waals surface area contributed by atoms with E-state index >= 15 is 0 Å². The summed E-state index contributed by atoms with van der Waals surface area (Å²) in [5, 5.41) is 3.03. The molecular weight excluding hydrogens is 246 g/mol. The highest BCUT2D eigenvalue weighted by molar-refractivity contribution is 5.93. The summed E-state index contributed by atoms with van der Waals surface area (Å²) in [7, 11) is 0. The lowest BCUT2D eigenvalue weighted by Crippen LogP contribution is -2.16. The highest BCUT2D eigenvalue weighted by atomic mass is 16.1. The van der Waals surface area contributed by atoms with E-state index in [1.807, 2.05) is 45.0 Å². The van der Waals surface area contributed by atoms with Gasteiger partial charge in [-0.05, 0) is 44.4 Å². The van der Waals surface area contributed by atoms with Gasteiger partial charge in [0.05, 0.1) is 6.42 Å². The van der Waals surface area contributed by atoms with Crippen LogP contribution >= 0.6 is 0 Å². The number of carbonyl (C=O) groups is 1. The van der Waals surface area contributed by atoms with Crippen molar-refractivity contribution in [3.8, 4) is 0 Å². The van der Waals surface area contributed by atoms with E-state index in [1.165, 1.54) is 11.1 Å². The molecule has 1 amide bonds. The van der Waals surface area contributed by atoms with Crippen LogP contribution in [0.4, 0.5) is 5.69 Å². The number of aryl methyl sites for hydroxylation is 4. The van der Waals surface area contributed by atoms with Gasteiger partial charge in [-0.2, -0.15) is 0 Å². The Bertz CT molecular complexity index is 603. The molecule has 0 aliphatic carbocycles. The van der Waals surface area contributed by atoms with Crippen LogP contribution < -0.4 is 5.32 Å². The minimum Gasteiger partial charge on any atom is -0.325 e. The Morgan fingerprint density at radius 1 is 0.900 bits per heavy atom. The average molecular weight is 267 g/mol. The van der Waals surface area contributed by atoms with Crippen molar-refractivity contribution in [2.45, 2.75) is 34.1 Å². The molecule has 2 aromatic rings. The van der Waals surface area contributed by atoms with Crippen molar-refractivity contribution < 1.29 is 4.79 Å². The van der Waals surface area contributed by atoms with E-state index in [4.69, 9.17) is 0 Å². The Labute approximate surface area is 120 Å². The van der Waals surface area contributed by atoms with Crippen LogP contribution in [0.1, 0.15) is 27.8 Å². The van der Waals surface area contributed by atoms with Crippen molar-refractivity contribution in [1.82, 2.24) is 0 Å². The van der Waals surface area contributed by atoms with Gasteiger partial charge in [-0.1, -0.05) is 47.5 Å². The molecule has 0 aliphatic rings. The molecule has 0 bridgehead atoms. The van der Waals surface area contributed by atoms with Crippen LogP contribution in [0.2, 0.25) is 0 Å². The monoisotopic (exact) mass is 267 g/mol. The van der Waals surface area contributed by atoms with E-state index < -0.39 is 0 Å². The van der Waals surface area contributed by atoms with Crippen LogP contribution in [0, 0.1) is 27.7 Å². The smallest absolute Gasteiger partial charge is 0.228 e. The number of rotatable bonds is 3. The number of benzene rings is 2. The van der Waals surface area contributed by atoms with E-state index in [9.17, 15) is 4.79 Å². The zero-order valence-corrected chi connectivity index (χ0v) is 12.6. The normalized spacial score (nSPS) is 10.4.